The topological polar surface area (TPSA) is 58.9 Å². The molecular formula is C16H13ClN2O2. The Bertz CT molecular complexity index is 711. The van der Waals surface area contributed by atoms with Gasteiger partial charge in [0.1, 0.15) is 5.78 Å². The molecule has 0 fully saturated rings. The summed E-state index contributed by atoms with van der Waals surface area (Å²) in [6.45, 7) is 1.38. The standard InChI is InChI=1S/C16H13ClN2O2/c1-11(20)9-16(21)14-7-2-3-8-15(14)19-18-13-6-4-5-12(17)10-13/h2-8,10H,9H2,1H3. The quantitative estimate of drug-likeness (QED) is 0.447. The summed E-state index contributed by atoms with van der Waals surface area (Å²) >= 11 is 5.87. The molecule has 0 amide bonds. The van der Waals surface area contributed by atoms with Gasteiger partial charge in [-0.3, -0.25) is 9.59 Å². The SMILES string of the molecule is CC(=O)CC(=O)c1ccccc1N=Nc1cccc(Cl)c1. The molecule has 0 aliphatic carbocycles. The molecule has 0 aromatic heterocycles. The van der Waals surface area contributed by atoms with Crippen LogP contribution >= 0.6 is 11.6 Å². The van der Waals surface area contributed by atoms with Crippen molar-refractivity contribution >= 4 is 34.5 Å². The van der Waals surface area contributed by atoms with Crippen molar-refractivity contribution in [3.8, 4) is 0 Å². The van der Waals surface area contributed by atoms with Crippen LogP contribution in [-0.4, -0.2) is 11.6 Å². The molecule has 0 spiro atoms. The number of azo groups is 1. The lowest BCUT2D eigenvalue weighted by Gasteiger charge is -2.02. The van der Waals surface area contributed by atoms with E-state index in [1.807, 2.05) is 0 Å². The molecule has 0 radical (unpaired) electrons. The minimum atomic E-state index is -0.261. The molecule has 0 unspecified atom stereocenters. The van der Waals surface area contributed by atoms with E-state index in [4.69, 9.17) is 11.6 Å². The van der Waals surface area contributed by atoms with Crippen molar-refractivity contribution in [3.63, 3.8) is 0 Å². The average Bonchev–Trinajstić information content (AvgIpc) is 2.45. The van der Waals surface area contributed by atoms with Crippen molar-refractivity contribution in [2.75, 3.05) is 0 Å². The smallest absolute Gasteiger partial charge is 0.172 e. The Morgan fingerprint density at radius 3 is 2.52 bits per heavy atom. The highest BCUT2D eigenvalue weighted by Gasteiger charge is 2.12. The van der Waals surface area contributed by atoms with Crippen molar-refractivity contribution in [3.05, 3.63) is 59.1 Å². The number of benzene rings is 2. The highest BCUT2D eigenvalue weighted by atomic mass is 35.5. The van der Waals surface area contributed by atoms with Crippen LogP contribution in [0.3, 0.4) is 0 Å². The van der Waals surface area contributed by atoms with Crippen LogP contribution in [0.1, 0.15) is 23.7 Å². The third-order valence-corrected chi connectivity index (χ3v) is 2.93. The average molecular weight is 301 g/mol. The lowest BCUT2D eigenvalue weighted by atomic mass is 10.0. The van der Waals surface area contributed by atoms with Crippen molar-refractivity contribution < 1.29 is 9.59 Å². The summed E-state index contributed by atoms with van der Waals surface area (Å²) in [5.74, 6) is -0.440. The first-order valence-corrected chi connectivity index (χ1v) is 6.73. The second-order valence-electron chi connectivity index (χ2n) is 4.50. The van der Waals surface area contributed by atoms with Gasteiger partial charge < -0.3 is 0 Å². The first-order valence-electron chi connectivity index (χ1n) is 6.35. The predicted octanol–water partition coefficient (Wildman–Crippen LogP) is 4.92. The van der Waals surface area contributed by atoms with Gasteiger partial charge in [-0.2, -0.15) is 5.11 Å². The molecule has 4 nitrogen and oxygen atoms in total. The van der Waals surface area contributed by atoms with Crippen LogP contribution in [0.15, 0.2) is 58.8 Å². The van der Waals surface area contributed by atoms with Crippen molar-refractivity contribution in [1.82, 2.24) is 0 Å². The third-order valence-electron chi connectivity index (χ3n) is 2.70. The number of carbonyl (C=O) groups excluding carboxylic acids is 2. The fourth-order valence-electron chi connectivity index (χ4n) is 1.77. The Hall–Kier alpha value is -2.33. The molecule has 2 aromatic carbocycles. The largest absolute Gasteiger partial charge is 0.300 e. The van der Waals surface area contributed by atoms with Crippen LogP contribution in [-0.2, 0) is 4.79 Å². The normalized spacial score (nSPS) is 10.8. The van der Waals surface area contributed by atoms with Gasteiger partial charge in [0, 0.05) is 10.6 Å². The molecule has 0 heterocycles. The Labute approximate surface area is 127 Å². The highest BCUT2D eigenvalue weighted by molar-refractivity contribution is 6.30. The van der Waals surface area contributed by atoms with Gasteiger partial charge in [0.2, 0.25) is 0 Å². The summed E-state index contributed by atoms with van der Waals surface area (Å²) in [6.07, 6.45) is -0.135. The molecule has 0 saturated carbocycles. The Morgan fingerprint density at radius 2 is 1.81 bits per heavy atom. The minimum Gasteiger partial charge on any atom is -0.300 e. The highest BCUT2D eigenvalue weighted by Crippen LogP contribution is 2.24. The maximum Gasteiger partial charge on any atom is 0.172 e. The Balaban J connectivity index is 2.28. The van der Waals surface area contributed by atoms with E-state index in [2.05, 4.69) is 10.2 Å². The molecule has 106 valence electrons. The molecule has 0 aliphatic heterocycles. The number of Topliss-reactive ketones (excluding diaryl/α,β-unsaturated/α-hetero) is 2. The number of halogens is 1. The van der Waals surface area contributed by atoms with Crippen LogP contribution < -0.4 is 0 Å². The van der Waals surface area contributed by atoms with E-state index in [-0.39, 0.29) is 18.0 Å². The third kappa shape index (κ3) is 4.33. The van der Waals surface area contributed by atoms with Crippen LogP contribution in [0.4, 0.5) is 11.4 Å². The number of hydrogen-bond acceptors (Lipinski definition) is 4. The van der Waals surface area contributed by atoms with Crippen molar-refractivity contribution in [2.24, 2.45) is 10.2 Å². The van der Waals surface area contributed by atoms with Crippen LogP contribution in [0.25, 0.3) is 0 Å². The Morgan fingerprint density at radius 1 is 1.05 bits per heavy atom. The van der Waals surface area contributed by atoms with Gasteiger partial charge in [0.15, 0.2) is 5.78 Å². The number of carbonyl (C=O) groups is 2. The lowest BCUT2D eigenvalue weighted by Crippen LogP contribution is -2.04. The van der Waals surface area contributed by atoms with E-state index in [9.17, 15) is 9.59 Å². The molecule has 21 heavy (non-hydrogen) atoms. The van der Waals surface area contributed by atoms with E-state index < -0.39 is 0 Å². The number of hydrogen-bond donors (Lipinski definition) is 0. The second-order valence-corrected chi connectivity index (χ2v) is 4.94. The zero-order chi connectivity index (χ0) is 15.2. The molecule has 0 atom stereocenters. The van der Waals surface area contributed by atoms with Gasteiger partial charge in [-0.15, -0.1) is 5.11 Å². The molecular weight excluding hydrogens is 288 g/mol. The molecule has 0 aliphatic rings. The maximum atomic E-state index is 12.0. The first kappa shape index (κ1) is 15.1. The predicted molar refractivity (Wildman–Crippen MR) is 81.7 cm³/mol. The summed E-state index contributed by atoms with van der Waals surface area (Å²) in [7, 11) is 0. The Kier molecular flexibility index (Phi) is 4.95. The molecule has 5 heteroatoms. The second kappa shape index (κ2) is 6.90. The van der Waals surface area contributed by atoms with E-state index in [1.165, 1.54) is 6.92 Å². The molecule has 2 rings (SSSR count). The monoisotopic (exact) mass is 300 g/mol. The van der Waals surface area contributed by atoms with Gasteiger partial charge in [0.25, 0.3) is 0 Å². The zero-order valence-electron chi connectivity index (χ0n) is 11.4. The fraction of sp³-hybridized carbons (Fsp3) is 0.125. The number of nitrogens with zero attached hydrogens (tertiary/aromatic N) is 2. The van der Waals surface area contributed by atoms with E-state index in [0.29, 0.717) is 22.0 Å². The van der Waals surface area contributed by atoms with Gasteiger partial charge in [-0.05, 0) is 37.3 Å². The maximum absolute atomic E-state index is 12.0. The number of ketones is 2. The van der Waals surface area contributed by atoms with E-state index in [0.717, 1.165) is 0 Å². The van der Waals surface area contributed by atoms with E-state index in [1.54, 1.807) is 48.5 Å². The lowest BCUT2D eigenvalue weighted by molar-refractivity contribution is -0.116. The molecule has 0 N–H and O–H groups in total. The molecule has 0 saturated heterocycles. The van der Waals surface area contributed by atoms with Crippen LogP contribution in [0.5, 0.6) is 0 Å². The summed E-state index contributed by atoms with van der Waals surface area (Å²) in [6, 6.07) is 13.7. The van der Waals surface area contributed by atoms with Crippen molar-refractivity contribution in [1.29, 1.82) is 0 Å². The van der Waals surface area contributed by atoms with Crippen LogP contribution in [0.2, 0.25) is 5.02 Å². The molecule has 2 aromatic rings. The van der Waals surface area contributed by atoms with Gasteiger partial charge in [-0.1, -0.05) is 29.8 Å². The fourth-order valence-corrected chi connectivity index (χ4v) is 1.95. The van der Waals surface area contributed by atoms with Gasteiger partial charge in [0.05, 0.1) is 17.8 Å². The van der Waals surface area contributed by atoms with Crippen LogP contribution in [0, 0.1) is 0 Å². The van der Waals surface area contributed by atoms with Gasteiger partial charge in [-0.25, -0.2) is 0 Å². The number of rotatable bonds is 5. The zero-order valence-corrected chi connectivity index (χ0v) is 12.2. The summed E-state index contributed by atoms with van der Waals surface area (Å²) < 4.78 is 0. The van der Waals surface area contributed by atoms with Crippen molar-refractivity contribution in [2.45, 2.75) is 13.3 Å². The van der Waals surface area contributed by atoms with E-state index >= 15 is 0 Å². The summed E-state index contributed by atoms with van der Waals surface area (Å²) in [5.41, 5.74) is 1.42. The summed E-state index contributed by atoms with van der Waals surface area (Å²) in [4.78, 5) is 23.1. The van der Waals surface area contributed by atoms with Gasteiger partial charge >= 0.3 is 0 Å². The minimum absolute atomic E-state index is 0.135. The molecule has 0 bridgehead atoms. The summed E-state index contributed by atoms with van der Waals surface area (Å²) in [5, 5.41) is 8.71. The first-order chi connectivity index (χ1) is 10.1.